The van der Waals surface area contributed by atoms with E-state index in [0.717, 1.165) is 48.5 Å². The monoisotopic (exact) mass is 315 g/mol. The third-order valence-corrected chi connectivity index (χ3v) is 6.62. The predicted molar refractivity (Wildman–Crippen MR) is 90.0 cm³/mol. The van der Waals surface area contributed by atoms with Gasteiger partial charge < -0.3 is 10.7 Å². The van der Waals surface area contributed by atoms with Crippen molar-refractivity contribution in [1.29, 1.82) is 0 Å². The van der Waals surface area contributed by atoms with Crippen molar-refractivity contribution in [3.8, 4) is 0 Å². The van der Waals surface area contributed by atoms with E-state index >= 15 is 0 Å². The van der Waals surface area contributed by atoms with E-state index in [0.29, 0.717) is 11.1 Å². The molecular formula is C19H29N3O. The number of hydrogen-bond donors (Lipinski definition) is 2. The summed E-state index contributed by atoms with van der Waals surface area (Å²) in [6.07, 6.45) is 12.7. The molecule has 1 amide bonds. The molecule has 0 aromatic carbocycles. The Labute approximate surface area is 138 Å². The third kappa shape index (κ3) is 2.81. The lowest BCUT2D eigenvalue weighted by Gasteiger charge is -2.57. The summed E-state index contributed by atoms with van der Waals surface area (Å²) < 4.78 is 0. The minimum atomic E-state index is -0.385. The lowest BCUT2D eigenvalue weighted by atomic mass is 9.48. The SMILES string of the molecule is CCCc1nc(C(N)=O)c(CCC23CC4CC(CC(C4)C2)C3)[nH]1. The zero-order valence-electron chi connectivity index (χ0n) is 14.2. The maximum absolute atomic E-state index is 11.7. The molecule has 0 radical (unpaired) electrons. The molecule has 0 unspecified atom stereocenters. The molecule has 126 valence electrons. The van der Waals surface area contributed by atoms with E-state index < -0.39 is 0 Å². The molecule has 4 saturated carbocycles. The Bertz CT molecular complexity index is 568. The van der Waals surface area contributed by atoms with Crippen LogP contribution in [0.3, 0.4) is 0 Å². The summed E-state index contributed by atoms with van der Waals surface area (Å²) in [5.41, 5.74) is 7.55. The second-order valence-electron chi connectivity index (χ2n) is 8.54. The van der Waals surface area contributed by atoms with Gasteiger partial charge in [-0.2, -0.15) is 0 Å². The third-order valence-electron chi connectivity index (χ3n) is 6.62. The summed E-state index contributed by atoms with van der Waals surface area (Å²) in [6, 6.07) is 0. The van der Waals surface area contributed by atoms with Gasteiger partial charge in [0.15, 0.2) is 0 Å². The van der Waals surface area contributed by atoms with Gasteiger partial charge in [-0.3, -0.25) is 4.79 Å². The molecule has 4 nitrogen and oxygen atoms in total. The lowest BCUT2D eigenvalue weighted by molar-refractivity contribution is -0.0570. The number of hydrogen-bond acceptors (Lipinski definition) is 2. The van der Waals surface area contributed by atoms with Crippen molar-refractivity contribution in [3.05, 3.63) is 17.2 Å². The minimum Gasteiger partial charge on any atom is -0.364 e. The summed E-state index contributed by atoms with van der Waals surface area (Å²) in [7, 11) is 0. The van der Waals surface area contributed by atoms with E-state index in [4.69, 9.17) is 5.73 Å². The van der Waals surface area contributed by atoms with Gasteiger partial charge in [-0.1, -0.05) is 6.92 Å². The second kappa shape index (κ2) is 5.64. The van der Waals surface area contributed by atoms with Crippen molar-refractivity contribution >= 4 is 5.91 Å². The number of aryl methyl sites for hydroxylation is 2. The first kappa shape index (κ1) is 15.2. The van der Waals surface area contributed by atoms with Gasteiger partial charge in [-0.15, -0.1) is 0 Å². The van der Waals surface area contributed by atoms with E-state index in [2.05, 4.69) is 16.9 Å². The van der Waals surface area contributed by atoms with Gasteiger partial charge >= 0.3 is 0 Å². The maximum atomic E-state index is 11.7. The van der Waals surface area contributed by atoms with Crippen molar-refractivity contribution in [2.45, 2.75) is 71.1 Å². The van der Waals surface area contributed by atoms with Crippen molar-refractivity contribution in [3.63, 3.8) is 0 Å². The number of aromatic nitrogens is 2. The second-order valence-corrected chi connectivity index (χ2v) is 8.54. The van der Waals surface area contributed by atoms with Crippen LogP contribution >= 0.6 is 0 Å². The van der Waals surface area contributed by atoms with Crippen LogP contribution in [-0.4, -0.2) is 15.9 Å². The van der Waals surface area contributed by atoms with E-state index in [1.54, 1.807) is 0 Å². The Hall–Kier alpha value is -1.32. The average molecular weight is 315 g/mol. The highest BCUT2D eigenvalue weighted by Gasteiger charge is 2.50. The highest BCUT2D eigenvalue weighted by Crippen LogP contribution is 2.61. The van der Waals surface area contributed by atoms with E-state index in [1.165, 1.54) is 44.9 Å². The average Bonchev–Trinajstić information content (AvgIpc) is 2.88. The first-order valence-corrected chi connectivity index (χ1v) is 9.44. The molecule has 0 spiro atoms. The largest absolute Gasteiger partial charge is 0.364 e. The fraction of sp³-hybridized carbons (Fsp3) is 0.789. The number of nitrogens with one attached hydrogen (secondary N) is 1. The fourth-order valence-corrected chi connectivity index (χ4v) is 6.19. The summed E-state index contributed by atoms with van der Waals surface area (Å²) >= 11 is 0. The molecule has 4 aliphatic rings. The number of rotatable bonds is 6. The van der Waals surface area contributed by atoms with Crippen LogP contribution in [0.25, 0.3) is 0 Å². The number of carbonyl (C=O) groups excluding carboxylic acids is 1. The Kier molecular flexibility index (Phi) is 3.73. The van der Waals surface area contributed by atoms with E-state index in [-0.39, 0.29) is 5.91 Å². The first-order valence-electron chi connectivity index (χ1n) is 9.44. The summed E-state index contributed by atoms with van der Waals surface area (Å²) in [5.74, 6) is 3.48. The van der Waals surface area contributed by atoms with Gasteiger partial charge in [0, 0.05) is 12.1 Å². The van der Waals surface area contributed by atoms with Crippen LogP contribution < -0.4 is 5.73 Å². The Morgan fingerprint density at radius 2 is 1.78 bits per heavy atom. The molecule has 4 aliphatic carbocycles. The molecular weight excluding hydrogens is 286 g/mol. The fourth-order valence-electron chi connectivity index (χ4n) is 6.19. The predicted octanol–water partition coefficient (Wildman–Crippen LogP) is 3.61. The highest BCUT2D eigenvalue weighted by molar-refractivity contribution is 5.92. The number of amides is 1. The normalized spacial score (nSPS) is 34.9. The zero-order valence-corrected chi connectivity index (χ0v) is 14.2. The number of H-pyrrole nitrogens is 1. The summed E-state index contributed by atoms with van der Waals surface area (Å²) in [5, 5.41) is 0. The molecule has 5 rings (SSSR count). The molecule has 3 N–H and O–H groups in total. The van der Waals surface area contributed by atoms with Crippen molar-refractivity contribution in [2.75, 3.05) is 0 Å². The first-order chi connectivity index (χ1) is 11.1. The number of aromatic amines is 1. The van der Waals surface area contributed by atoms with E-state index in [9.17, 15) is 4.79 Å². The molecule has 0 aliphatic heterocycles. The number of nitrogens with zero attached hydrogens (tertiary/aromatic N) is 1. The Morgan fingerprint density at radius 3 is 2.30 bits per heavy atom. The summed E-state index contributed by atoms with van der Waals surface area (Å²) in [6.45, 7) is 2.13. The van der Waals surface area contributed by atoms with Gasteiger partial charge in [0.05, 0.1) is 0 Å². The van der Waals surface area contributed by atoms with Crippen molar-refractivity contribution in [1.82, 2.24) is 9.97 Å². The molecule has 0 atom stereocenters. The van der Waals surface area contributed by atoms with Gasteiger partial charge in [-0.25, -0.2) is 4.98 Å². The van der Waals surface area contributed by atoms with Crippen LogP contribution in [0, 0.1) is 23.2 Å². The van der Waals surface area contributed by atoms with Gasteiger partial charge in [0.1, 0.15) is 11.5 Å². The molecule has 4 bridgehead atoms. The van der Waals surface area contributed by atoms with Crippen LogP contribution in [0.1, 0.15) is 80.3 Å². The topological polar surface area (TPSA) is 71.8 Å². The minimum absolute atomic E-state index is 0.385. The van der Waals surface area contributed by atoms with Crippen LogP contribution in [0.15, 0.2) is 0 Å². The maximum Gasteiger partial charge on any atom is 0.269 e. The standard InChI is InChI=1S/C19H29N3O/c1-2-3-16-21-15(17(22-16)18(20)23)4-5-19-9-12-6-13(10-19)8-14(7-12)11-19/h12-14H,2-11H2,1H3,(H2,20,23)(H,21,22). The Balaban J connectivity index is 1.49. The molecule has 4 heteroatoms. The van der Waals surface area contributed by atoms with Gasteiger partial charge in [-0.05, 0) is 81.0 Å². The number of imidazole rings is 1. The van der Waals surface area contributed by atoms with E-state index in [1.807, 2.05) is 0 Å². The highest BCUT2D eigenvalue weighted by atomic mass is 16.1. The number of primary amides is 1. The van der Waals surface area contributed by atoms with Crippen molar-refractivity contribution < 1.29 is 4.79 Å². The molecule has 1 heterocycles. The number of carbonyl (C=O) groups is 1. The smallest absolute Gasteiger partial charge is 0.269 e. The molecule has 4 fully saturated rings. The molecule has 1 aromatic heterocycles. The van der Waals surface area contributed by atoms with Crippen LogP contribution in [-0.2, 0) is 12.8 Å². The number of nitrogens with two attached hydrogens (primary N) is 1. The zero-order chi connectivity index (χ0) is 16.0. The summed E-state index contributed by atoms with van der Waals surface area (Å²) in [4.78, 5) is 19.5. The molecule has 0 saturated heterocycles. The quantitative estimate of drug-likeness (QED) is 0.841. The van der Waals surface area contributed by atoms with Gasteiger partial charge in [0.2, 0.25) is 0 Å². The molecule has 23 heavy (non-hydrogen) atoms. The lowest BCUT2D eigenvalue weighted by Crippen LogP contribution is -2.46. The van der Waals surface area contributed by atoms with Crippen LogP contribution in [0.2, 0.25) is 0 Å². The van der Waals surface area contributed by atoms with Crippen LogP contribution in [0.5, 0.6) is 0 Å². The van der Waals surface area contributed by atoms with Crippen LogP contribution in [0.4, 0.5) is 0 Å². The van der Waals surface area contributed by atoms with Gasteiger partial charge in [0.25, 0.3) is 5.91 Å². The molecule has 1 aromatic rings. The Morgan fingerprint density at radius 1 is 1.17 bits per heavy atom. The van der Waals surface area contributed by atoms with Crippen molar-refractivity contribution in [2.24, 2.45) is 28.9 Å².